The number of rotatable bonds is 9. The Hall–Kier alpha value is -3.37. The van der Waals surface area contributed by atoms with Crippen molar-refractivity contribution in [3.63, 3.8) is 0 Å². The molecule has 0 aliphatic carbocycles. The quantitative estimate of drug-likeness (QED) is 0.283. The van der Waals surface area contributed by atoms with Crippen LogP contribution in [0.5, 0.6) is 11.5 Å². The molecule has 5 heteroatoms. The molecular weight excluding hydrogens is 446 g/mol. The third-order valence-corrected chi connectivity index (χ3v) is 6.01. The number of halogens is 1. The van der Waals surface area contributed by atoms with Gasteiger partial charge in [-0.1, -0.05) is 60.7 Å². The van der Waals surface area contributed by atoms with Crippen molar-refractivity contribution in [1.29, 1.82) is 0 Å². The molecule has 0 amide bonds. The number of alkyl halides is 1. The summed E-state index contributed by atoms with van der Waals surface area (Å²) in [5.74, 6) is 2.68. The zero-order valence-electron chi connectivity index (χ0n) is 19.6. The van der Waals surface area contributed by atoms with Crippen LogP contribution in [0, 0.1) is 0 Å². The SMILES string of the molecule is COc1c(OCc2ccccc2)ccc2c1CCN/C2=C(C)\C(=C/CCl)OCc1ccccc1. The first-order valence-electron chi connectivity index (χ1n) is 11.5. The normalized spacial score (nSPS) is 14.6. The smallest absolute Gasteiger partial charge is 0.164 e. The highest BCUT2D eigenvalue weighted by Crippen LogP contribution is 2.39. The molecule has 0 spiro atoms. The van der Waals surface area contributed by atoms with Gasteiger partial charge >= 0.3 is 0 Å². The summed E-state index contributed by atoms with van der Waals surface area (Å²) in [7, 11) is 1.70. The van der Waals surface area contributed by atoms with E-state index in [2.05, 4.69) is 42.6 Å². The number of nitrogens with one attached hydrogen (secondary N) is 1. The molecule has 176 valence electrons. The zero-order valence-corrected chi connectivity index (χ0v) is 20.4. The van der Waals surface area contributed by atoms with Crippen molar-refractivity contribution in [2.24, 2.45) is 0 Å². The Labute approximate surface area is 206 Å². The van der Waals surface area contributed by atoms with Gasteiger partial charge in [-0.2, -0.15) is 0 Å². The van der Waals surface area contributed by atoms with Crippen molar-refractivity contribution in [2.75, 3.05) is 19.5 Å². The highest BCUT2D eigenvalue weighted by atomic mass is 35.5. The van der Waals surface area contributed by atoms with Gasteiger partial charge in [0.15, 0.2) is 11.5 Å². The van der Waals surface area contributed by atoms with Crippen molar-refractivity contribution in [1.82, 2.24) is 5.32 Å². The van der Waals surface area contributed by atoms with Crippen LogP contribution in [0.15, 0.2) is 90.2 Å². The minimum absolute atomic E-state index is 0.372. The fraction of sp³-hybridized carbons (Fsp3) is 0.241. The number of hydrogen-bond acceptors (Lipinski definition) is 4. The van der Waals surface area contributed by atoms with Gasteiger partial charge in [-0.05, 0) is 42.7 Å². The molecule has 1 aliphatic rings. The fourth-order valence-corrected chi connectivity index (χ4v) is 4.29. The van der Waals surface area contributed by atoms with E-state index < -0.39 is 0 Å². The molecule has 0 saturated heterocycles. The van der Waals surface area contributed by atoms with Crippen molar-refractivity contribution < 1.29 is 14.2 Å². The molecular formula is C29H30ClNO3. The van der Waals surface area contributed by atoms with Gasteiger partial charge in [0.2, 0.25) is 0 Å². The molecule has 4 rings (SSSR count). The van der Waals surface area contributed by atoms with E-state index in [0.717, 1.165) is 63.7 Å². The molecule has 0 unspecified atom stereocenters. The van der Waals surface area contributed by atoms with Gasteiger partial charge in [0.1, 0.15) is 19.0 Å². The monoisotopic (exact) mass is 475 g/mol. The standard InChI is InChI=1S/C29H30ClNO3/c1-21(26(15-17-30)33-19-22-9-5-3-6-10-22)28-24-13-14-27(29(32-2)25(24)16-18-31-28)34-20-23-11-7-4-8-12-23/h3-15,31H,16-20H2,1-2H3/b26-15+,28-21-. The second-order valence-electron chi connectivity index (χ2n) is 8.07. The molecule has 1 heterocycles. The molecule has 3 aromatic carbocycles. The second-order valence-corrected chi connectivity index (χ2v) is 8.38. The average molecular weight is 476 g/mol. The van der Waals surface area contributed by atoms with Crippen molar-refractivity contribution in [3.8, 4) is 11.5 Å². The molecule has 1 aliphatic heterocycles. The van der Waals surface area contributed by atoms with Gasteiger partial charge in [0.25, 0.3) is 0 Å². The largest absolute Gasteiger partial charge is 0.493 e. The predicted molar refractivity (Wildman–Crippen MR) is 138 cm³/mol. The van der Waals surface area contributed by atoms with Crippen LogP contribution in [0.2, 0.25) is 0 Å². The van der Waals surface area contributed by atoms with E-state index >= 15 is 0 Å². The number of methoxy groups -OCH3 is 1. The molecule has 1 N–H and O–H groups in total. The molecule has 0 radical (unpaired) electrons. The maximum absolute atomic E-state index is 6.19. The minimum Gasteiger partial charge on any atom is -0.493 e. The van der Waals surface area contributed by atoms with E-state index in [0.29, 0.717) is 19.1 Å². The molecule has 0 fully saturated rings. The van der Waals surface area contributed by atoms with Crippen LogP contribution in [0.1, 0.15) is 29.2 Å². The Bertz CT molecular complexity index is 1160. The van der Waals surface area contributed by atoms with Gasteiger partial charge < -0.3 is 19.5 Å². The summed E-state index contributed by atoms with van der Waals surface area (Å²) in [5, 5.41) is 3.56. The summed E-state index contributed by atoms with van der Waals surface area (Å²) in [4.78, 5) is 0. The Morgan fingerprint density at radius 3 is 2.26 bits per heavy atom. The van der Waals surface area contributed by atoms with Gasteiger partial charge in [-0.15, -0.1) is 11.6 Å². The first kappa shape index (κ1) is 23.8. The summed E-state index contributed by atoms with van der Waals surface area (Å²) in [6.45, 7) is 3.83. The van der Waals surface area contributed by atoms with E-state index in [1.165, 1.54) is 0 Å². The van der Waals surface area contributed by atoms with E-state index in [9.17, 15) is 0 Å². The number of benzene rings is 3. The second kappa shape index (κ2) is 11.7. The third-order valence-electron chi connectivity index (χ3n) is 5.86. The highest BCUT2D eigenvalue weighted by Gasteiger charge is 2.23. The van der Waals surface area contributed by atoms with Crippen molar-refractivity contribution in [2.45, 2.75) is 26.6 Å². The molecule has 4 nitrogen and oxygen atoms in total. The lowest BCUT2D eigenvalue weighted by Gasteiger charge is -2.27. The summed E-state index contributed by atoms with van der Waals surface area (Å²) >= 11 is 6.08. The van der Waals surface area contributed by atoms with Gasteiger partial charge in [-0.25, -0.2) is 0 Å². The molecule has 34 heavy (non-hydrogen) atoms. The third kappa shape index (κ3) is 5.57. The average Bonchev–Trinajstić information content (AvgIpc) is 2.89. The zero-order chi connectivity index (χ0) is 23.8. The van der Waals surface area contributed by atoms with Crippen molar-refractivity contribution >= 4 is 17.3 Å². The molecule has 0 saturated carbocycles. The first-order chi connectivity index (χ1) is 16.7. The lowest BCUT2D eigenvalue weighted by atomic mass is 9.93. The van der Waals surface area contributed by atoms with E-state index in [4.69, 9.17) is 25.8 Å². The first-order valence-corrected chi connectivity index (χ1v) is 12.0. The topological polar surface area (TPSA) is 39.7 Å². The Morgan fingerprint density at radius 2 is 1.62 bits per heavy atom. The summed E-state index contributed by atoms with van der Waals surface area (Å²) in [6, 6.07) is 24.3. The van der Waals surface area contributed by atoms with E-state index in [1.54, 1.807) is 7.11 Å². The number of hydrogen-bond donors (Lipinski definition) is 1. The maximum Gasteiger partial charge on any atom is 0.164 e. The van der Waals surface area contributed by atoms with Crippen LogP contribution in [-0.2, 0) is 24.4 Å². The fourth-order valence-electron chi connectivity index (χ4n) is 4.15. The molecule has 3 aromatic rings. The summed E-state index contributed by atoms with van der Waals surface area (Å²) in [5.41, 5.74) is 6.49. The van der Waals surface area contributed by atoms with Crippen LogP contribution < -0.4 is 14.8 Å². The molecule has 0 aromatic heterocycles. The minimum atomic E-state index is 0.372. The highest BCUT2D eigenvalue weighted by molar-refractivity contribution is 6.19. The number of ether oxygens (including phenoxy) is 3. The van der Waals surface area contributed by atoms with E-state index in [1.807, 2.05) is 48.5 Å². The Kier molecular flexibility index (Phi) is 8.16. The number of fused-ring (bicyclic) bond motifs is 1. The van der Waals surface area contributed by atoms with Crippen LogP contribution in [0.4, 0.5) is 0 Å². The summed E-state index contributed by atoms with van der Waals surface area (Å²) in [6.07, 6.45) is 2.76. The van der Waals surface area contributed by atoms with Gasteiger partial charge in [0, 0.05) is 34.8 Å². The van der Waals surface area contributed by atoms with E-state index in [-0.39, 0.29) is 0 Å². The van der Waals surface area contributed by atoms with Gasteiger partial charge in [-0.3, -0.25) is 0 Å². The Morgan fingerprint density at radius 1 is 0.941 bits per heavy atom. The summed E-state index contributed by atoms with van der Waals surface area (Å²) < 4.78 is 18.2. The van der Waals surface area contributed by atoms with Crippen LogP contribution in [0.25, 0.3) is 5.70 Å². The Balaban J connectivity index is 1.62. The van der Waals surface area contributed by atoms with Gasteiger partial charge in [0.05, 0.1) is 7.11 Å². The van der Waals surface area contributed by atoms with Crippen molar-refractivity contribution in [3.05, 3.63) is 112 Å². The van der Waals surface area contributed by atoms with Crippen LogP contribution >= 0.6 is 11.6 Å². The lowest BCUT2D eigenvalue weighted by molar-refractivity contribution is 0.206. The molecule has 0 bridgehead atoms. The predicted octanol–water partition coefficient (Wildman–Crippen LogP) is 6.49. The number of allylic oxidation sites excluding steroid dienone is 2. The van der Waals surface area contributed by atoms with Crippen LogP contribution in [0.3, 0.4) is 0 Å². The maximum atomic E-state index is 6.19. The lowest BCUT2D eigenvalue weighted by Crippen LogP contribution is -2.25. The van der Waals surface area contributed by atoms with Crippen LogP contribution in [-0.4, -0.2) is 19.5 Å². The molecule has 0 atom stereocenters.